The van der Waals surface area contributed by atoms with E-state index in [4.69, 9.17) is 0 Å². The largest absolute Gasteiger partial charge is 0.388 e. The highest BCUT2D eigenvalue weighted by Crippen LogP contribution is 2.19. The van der Waals surface area contributed by atoms with Gasteiger partial charge in [-0.05, 0) is 30.9 Å². The lowest BCUT2D eigenvalue weighted by Crippen LogP contribution is -1.99. The van der Waals surface area contributed by atoms with E-state index in [0.29, 0.717) is 5.92 Å². The molecule has 0 saturated heterocycles. The van der Waals surface area contributed by atoms with Crippen molar-refractivity contribution in [2.45, 2.75) is 46.1 Å². The summed E-state index contributed by atoms with van der Waals surface area (Å²) < 4.78 is 0. The van der Waals surface area contributed by atoms with Gasteiger partial charge in [0.1, 0.15) is 0 Å². The van der Waals surface area contributed by atoms with Crippen LogP contribution in [0.1, 0.15) is 50.5 Å². The third-order valence-corrected chi connectivity index (χ3v) is 2.58. The SMILES string of the molecule is Cc1ccc(C(O)CCCC(C)C)cn1. The van der Waals surface area contributed by atoms with Crippen LogP contribution in [0.3, 0.4) is 0 Å². The van der Waals surface area contributed by atoms with Crippen molar-refractivity contribution in [3.05, 3.63) is 29.6 Å². The van der Waals surface area contributed by atoms with Gasteiger partial charge in [-0.3, -0.25) is 4.98 Å². The van der Waals surface area contributed by atoms with Crippen molar-refractivity contribution in [2.75, 3.05) is 0 Å². The van der Waals surface area contributed by atoms with Crippen LogP contribution in [0.25, 0.3) is 0 Å². The van der Waals surface area contributed by atoms with Crippen LogP contribution in [0.5, 0.6) is 0 Å². The highest BCUT2D eigenvalue weighted by Gasteiger charge is 2.07. The summed E-state index contributed by atoms with van der Waals surface area (Å²) in [5.74, 6) is 0.716. The van der Waals surface area contributed by atoms with Crippen molar-refractivity contribution in [3.63, 3.8) is 0 Å². The second-order valence-corrected chi connectivity index (χ2v) is 4.57. The minimum absolute atomic E-state index is 0.350. The van der Waals surface area contributed by atoms with Crippen LogP contribution in [0, 0.1) is 12.8 Å². The Hall–Kier alpha value is -0.890. The molecule has 1 rings (SSSR count). The summed E-state index contributed by atoms with van der Waals surface area (Å²) >= 11 is 0. The van der Waals surface area contributed by atoms with Crippen molar-refractivity contribution < 1.29 is 5.11 Å². The van der Waals surface area contributed by atoms with Crippen LogP contribution >= 0.6 is 0 Å². The summed E-state index contributed by atoms with van der Waals surface area (Å²) in [4.78, 5) is 4.18. The molecule has 1 atom stereocenters. The molecule has 0 bridgehead atoms. The maximum absolute atomic E-state index is 9.88. The average molecular weight is 207 g/mol. The fraction of sp³-hybridized carbons (Fsp3) is 0.615. The summed E-state index contributed by atoms with van der Waals surface area (Å²) in [6.45, 7) is 6.37. The van der Waals surface area contributed by atoms with Crippen LogP contribution in [0.2, 0.25) is 0 Å². The molecule has 1 heterocycles. The maximum atomic E-state index is 9.88. The quantitative estimate of drug-likeness (QED) is 0.804. The van der Waals surface area contributed by atoms with Gasteiger partial charge in [-0.2, -0.15) is 0 Å². The van der Waals surface area contributed by atoms with Crippen molar-refractivity contribution in [2.24, 2.45) is 5.92 Å². The lowest BCUT2D eigenvalue weighted by Gasteiger charge is -2.11. The summed E-state index contributed by atoms with van der Waals surface area (Å²) in [5.41, 5.74) is 1.93. The Kier molecular flexibility index (Phi) is 4.76. The number of aromatic nitrogens is 1. The Morgan fingerprint density at radius 2 is 2.00 bits per heavy atom. The van der Waals surface area contributed by atoms with Crippen molar-refractivity contribution in [1.29, 1.82) is 0 Å². The Balaban J connectivity index is 2.40. The first-order valence-corrected chi connectivity index (χ1v) is 5.70. The van der Waals surface area contributed by atoms with E-state index in [1.54, 1.807) is 6.20 Å². The van der Waals surface area contributed by atoms with E-state index >= 15 is 0 Å². The zero-order chi connectivity index (χ0) is 11.3. The molecule has 1 aromatic heterocycles. The van der Waals surface area contributed by atoms with E-state index in [-0.39, 0.29) is 6.10 Å². The van der Waals surface area contributed by atoms with Gasteiger partial charge >= 0.3 is 0 Å². The van der Waals surface area contributed by atoms with Gasteiger partial charge in [0.25, 0.3) is 0 Å². The van der Waals surface area contributed by atoms with Crippen LogP contribution < -0.4 is 0 Å². The molecule has 0 spiro atoms. The number of aliphatic hydroxyl groups excluding tert-OH is 1. The number of rotatable bonds is 5. The fourth-order valence-corrected chi connectivity index (χ4v) is 1.56. The summed E-state index contributed by atoms with van der Waals surface area (Å²) in [6, 6.07) is 3.91. The summed E-state index contributed by atoms with van der Waals surface area (Å²) in [7, 11) is 0. The van der Waals surface area contributed by atoms with Crippen LogP contribution in [-0.2, 0) is 0 Å². The molecule has 0 radical (unpaired) electrons. The van der Waals surface area contributed by atoms with Crippen molar-refractivity contribution in [3.8, 4) is 0 Å². The topological polar surface area (TPSA) is 33.1 Å². The molecule has 0 aliphatic heterocycles. The highest BCUT2D eigenvalue weighted by atomic mass is 16.3. The predicted molar refractivity (Wildman–Crippen MR) is 62.6 cm³/mol. The van der Waals surface area contributed by atoms with Crippen LogP contribution in [0.15, 0.2) is 18.3 Å². The third kappa shape index (κ3) is 4.43. The molecule has 84 valence electrons. The van der Waals surface area contributed by atoms with Gasteiger partial charge < -0.3 is 5.11 Å². The molecular weight excluding hydrogens is 186 g/mol. The summed E-state index contributed by atoms with van der Waals surface area (Å²) in [5, 5.41) is 9.88. The number of aryl methyl sites for hydroxylation is 1. The fourth-order valence-electron chi connectivity index (χ4n) is 1.56. The van der Waals surface area contributed by atoms with E-state index in [9.17, 15) is 5.11 Å². The molecule has 15 heavy (non-hydrogen) atoms. The highest BCUT2D eigenvalue weighted by molar-refractivity contribution is 5.15. The lowest BCUT2D eigenvalue weighted by molar-refractivity contribution is 0.161. The molecule has 2 heteroatoms. The zero-order valence-corrected chi connectivity index (χ0v) is 9.90. The molecule has 0 aliphatic carbocycles. The van der Waals surface area contributed by atoms with E-state index in [1.165, 1.54) is 6.42 Å². The number of pyridine rings is 1. The van der Waals surface area contributed by atoms with E-state index < -0.39 is 0 Å². The van der Waals surface area contributed by atoms with Gasteiger partial charge in [0.15, 0.2) is 0 Å². The van der Waals surface area contributed by atoms with Gasteiger partial charge in [0, 0.05) is 11.9 Å². The molecule has 0 aliphatic rings. The second-order valence-electron chi connectivity index (χ2n) is 4.57. The first kappa shape index (κ1) is 12.2. The smallest absolute Gasteiger partial charge is 0.0804 e. The molecule has 0 aromatic carbocycles. The molecular formula is C13H21NO. The normalized spacial score (nSPS) is 13.1. The van der Waals surface area contributed by atoms with Crippen LogP contribution in [0.4, 0.5) is 0 Å². The van der Waals surface area contributed by atoms with Crippen molar-refractivity contribution >= 4 is 0 Å². The Morgan fingerprint density at radius 3 is 2.53 bits per heavy atom. The first-order valence-electron chi connectivity index (χ1n) is 5.70. The van der Waals surface area contributed by atoms with Gasteiger partial charge in [-0.15, -0.1) is 0 Å². The number of nitrogens with zero attached hydrogens (tertiary/aromatic N) is 1. The van der Waals surface area contributed by atoms with Gasteiger partial charge in [-0.25, -0.2) is 0 Å². The molecule has 0 fully saturated rings. The standard InChI is InChI=1S/C13H21NO/c1-10(2)5-4-6-13(15)12-8-7-11(3)14-9-12/h7-10,13,15H,4-6H2,1-3H3. The monoisotopic (exact) mass is 207 g/mol. The summed E-state index contributed by atoms with van der Waals surface area (Å²) in [6.07, 6.45) is 4.51. The molecule has 2 nitrogen and oxygen atoms in total. The second kappa shape index (κ2) is 5.86. The van der Waals surface area contributed by atoms with E-state index in [1.807, 2.05) is 19.1 Å². The van der Waals surface area contributed by atoms with Crippen LogP contribution in [-0.4, -0.2) is 10.1 Å². The van der Waals surface area contributed by atoms with Crippen molar-refractivity contribution in [1.82, 2.24) is 4.98 Å². The van der Waals surface area contributed by atoms with E-state index in [2.05, 4.69) is 18.8 Å². The van der Waals surface area contributed by atoms with Gasteiger partial charge in [-0.1, -0.05) is 32.8 Å². The number of hydrogen-bond acceptors (Lipinski definition) is 2. The first-order chi connectivity index (χ1) is 7.09. The average Bonchev–Trinajstić information content (AvgIpc) is 2.18. The number of hydrogen-bond donors (Lipinski definition) is 1. The molecule has 1 unspecified atom stereocenters. The zero-order valence-electron chi connectivity index (χ0n) is 9.90. The molecule has 1 N–H and O–H groups in total. The molecule has 0 saturated carbocycles. The Bertz CT molecular complexity index is 279. The van der Waals surface area contributed by atoms with E-state index in [0.717, 1.165) is 24.1 Å². The third-order valence-electron chi connectivity index (χ3n) is 2.58. The maximum Gasteiger partial charge on any atom is 0.0804 e. The molecule has 0 amide bonds. The minimum Gasteiger partial charge on any atom is -0.388 e. The Morgan fingerprint density at radius 1 is 1.27 bits per heavy atom. The molecule has 1 aromatic rings. The Labute approximate surface area is 92.4 Å². The predicted octanol–water partition coefficient (Wildman–Crippen LogP) is 3.25. The lowest BCUT2D eigenvalue weighted by atomic mass is 10.0. The van der Waals surface area contributed by atoms with Gasteiger partial charge in [0.2, 0.25) is 0 Å². The van der Waals surface area contributed by atoms with Gasteiger partial charge in [0.05, 0.1) is 6.10 Å². The minimum atomic E-state index is -0.350. The number of aliphatic hydroxyl groups is 1.